The lowest BCUT2D eigenvalue weighted by Gasteiger charge is -2.43. The van der Waals surface area contributed by atoms with Crippen molar-refractivity contribution in [3.8, 4) is 22.6 Å². The van der Waals surface area contributed by atoms with Gasteiger partial charge >= 0.3 is 0 Å². The molecular formula is C45H44N2O7. The highest BCUT2D eigenvalue weighted by Gasteiger charge is 2.40. The van der Waals surface area contributed by atoms with Gasteiger partial charge in [0.1, 0.15) is 0 Å². The highest BCUT2D eigenvalue weighted by atomic mass is 16.7. The fraction of sp³-hybridized carbons (Fsp3) is 0.289. The maximum Gasteiger partial charge on any atom is 0.261 e. The topological polar surface area (TPSA) is 97.8 Å². The van der Waals surface area contributed by atoms with Gasteiger partial charge in [0.2, 0.25) is 0 Å². The van der Waals surface area contributed by atoms with Gasteiger partial charge in [-0.2, -0.15) is 0 Å². The van der Waals surface area contributed by atoms with Crippen LogP contribution >= 0.6 is 0 Å². The van der Waals surface area contributed by atoms with Gasteiger partial charge in [-0.3, -0.25) is 19.4 Å². The van der Waals surface area contributed by atoms with Gasteiger partial charge in [-0.1, -0.05) is 79.7 Å². The van der Waals surface area contributed by atoms with Gasteiger partial charge in [-0.15, -0.1) is 0 Å². The Morgan fingerprint density at radius 2 is 1.39 bits per heavy atom. The molecule has 54 heavy (non-hydrogen) atoms. The Morgan fingerprint density at radius 1 is 0.722 bits per heavy atom. The van der Waals surface area contributed by atoms with Crippen LogP contribution in [0.3, 0.4) is 0 Å². The molecule has 0 bridgehead atoms. The minimum atomic E-state index is -0.628. The minimum Gasteiger partial charge on any atom is -0.493 e. The molecule has 2 amide bonds. The maximum atomic E-state index is 13.1. The molecule has 1 N–H and O–H groups in total. The first-order valence-electron chi connectivity index (χ1n) is 18.4. The number of hydrogen-bond acceptors (Lipinski definition) is 8. The average Bonchev–Trinajstić information content (AvgIpc) is 3.45. The molecule has 9 nitrogen and oxygen atoms in total. The highest BCUT2D eigenvalue weighted by molar-refractivity contribution is 6.21. The molecule has 0 radical (unpaired) electrons. The number of amides is 2. The van der Waals surface area contributed by atoms with Gasteiger partial charge in [0.15, 0.2) is 17.8 Å². The van der Waals surface area contributed by atoms with Gasteiger partial charge in [0.05, 0.1) is 50.7 Å². The zero-order valence-electron chi connectivity index (χ0n) is 30.7. The van der Waals surface area contributed by atoms with E-state index < -0.39 is 6.29 Å². The fourth-order valence-corrected chi connectivity index (χ4v) is 7.96. The Morgan fingerprint density at radius 3 is 2.07 bits per heavy atom. The zero-order valence-corrected chi connectivity index (χ0v) is 30.7. The normalized spacial score (nSPS) is 21.1. The van der Waals surface area contributed by atoms with Crippen LogP contribution in [-0.2, 0) is 35.6 Å². The second-order valence-corrected chi connectivity index (χ2v) is 14.4. The molecule has 8 rings (SSSR count). The summed E-state index contributed by atoms with van der Waals surface area (Å²) >= 11 is 0. The third-order valence-electron chi connectivity index (χ3n) is 11.0. The number of aliphatic hydroxyl groups excluding tert-OH is 1. The number of hydrogen-bond donors (Lipinski definition) is 1. The molecule has 3 aliphatic heterocycles. The van der Waals surface area contributed by atoms with Crippen molar-refractivity contribution in [3.05, 3.63) is 154 Å². The molecule has 0 spiro atoms. The summed E-state index contributed by atoms with van der Waals surface area (Å²) in [5, 5.41) is 9.70. The molecule has 1 fully saturated rings. The van der Waals surface area contributed by atoms with Crippen LogP contribution in [0, 0.1) is 5.92 Å². The lowest BCUT2D eigenvalue weighted by atomic mass is 9.89. The molecule has 0 unspecified atom stereocenters. The van der Waals surface area contributed by atoms with Crippen LogP contribution in [0.5, 0.6) is 11.5 Å². The largest absolute Gasteiger partial charge is 0.493 e. The Balaban J connectivity index is 1.05. The molecule has 9 heteroatoms. The van der Waals surface area contributed by atoms with Crippen molar-refractivity contribution in [1.29, 1.82) is 0 Å². The number of rotatable bonds is 10. The van der Waals surface area contributed by atoms with Crippen molar-refractivity contribution in [2.24, 2.45) is 5.92 Å². The standard InChI is InChI=1S/C45H44N2O7/c1-28-41(26-46-19-18-34-22-39(51-2)40(52-3)23-36(34)25-46)53-45(54-42(28)31-16-14-29(27-48)15-17-31)35-11-7-10-33(21-35)32-9-6-8-30(20-32)24-47-43(49)37-12-4-5-13-38(37)44(47)50/h4-17,20-23,28,41-42,45,48H,18-19,24-27H2,1-3H3/t28-,41+,42+,45+/m1/s1. The number of carbonyl (C=O) groups is 2. The molecule has 4 atom stereocenters. The van der Waals surface area contributed by atoms with E-state index in [1.54, 1.807) is 38.5 Å². The number of ether oxygens (including phenoxy) is 4. The molecule has 3 aliphatic rings. The van der Waals surface area contributed by atoms with E-state index in [2.05, 4.69) is 30.0 Å². The summed E-state index contributed by atoms with van der Waals surface area (Å²) in [6.45, 7) is 4.74. The molecule has 276 valence electrons. The Bertz CT molecular complexity index is 2150. The summed E-state index contributed by atoms with van der Waals surface area (Å²) in [5.74, 6) is 0.977. The third kappa shape index (κ3) is 6.92. The van der Waals surface area contributed by atoms with Gasteiger partial charge in [0, 0.05) is 31.1 Å². The van der Waals surface area contributed by atoms with Crippen LogP contribution in [0.15, 0.2) is 109 Å². The molecule has 5 aromatic rings. The smallest absolute Gasteiger partial charge is 0.261 e. The van der Waals surface area contributed by atoms with E-state index in [1.165, 1.54) is 16.0 Å². The second-order valence-electron chi connectivity index (χ2n) is 14.4. The Kier molecular flexibility index (Phi) is 10.0. The number of methoxy groups -OCH3 is 2. The molecule has 0 aliphatic carbocycles. The summed E-state index contributed by atoms with van der Waals surface area (Å²) in [6, 6.07) is 35.3. The van der Waals surface area contributed by atoms with E-state index in [4.69, 9.17) is 18.9 Å². The maximum absolute atomic E-state index is 13.1. The van der Waals surface area contributed by atoms with Gasteiger partial charge < -0.3 is 24.1 Å². The third-order valence-corrected chi connectivity index (χ3v) is 11.0. The fourth-order valence-electron chi connectivity index (χ4n) is 7.96. The predicted octanol–water partition coefficient (Wildman–Crippen LogP) is 7.51. The number of aliphatic hydroxyl groups is 1. The minimum absolute atomic E-state index is 0.0187. The number of fused-ring (bicyclic) bond motifs is 2. The van der Waals surface area contributed by atoms with Crippen molar-refractivity contribution in [2.45, 2.75) is 51.5 Å². The average molecular weight is 725 g/mol. The molecule has 5 aromatic carbocycles. The zero-order chi connectivity index (χ0) is 37.3. The van der Waals surface area contributed by atoms with Gasteiger partial charge in [0.25, 0.3) is 11.8 Å². The molecule has 1 saturated heterocycles. The summed E-state index contributed by atoms with van der Waals surface area (Å²) in [4.78, 5) is 29.9. The van der Waals surface area contributed by atoms with Crippen LogP contribution in [0.25, 0.3) is 11.1 Å². The first-order chi connectivity index (χ1) is 26.3. The first kappa shape index (κ1) is 35.7. The monoisotopic (exact) mass is 724 g/mol. The summed E-state index contributed by atoms with van der Waals surface area (Å²) in [5.41, 5.74) is 8.96. The van der Waals surface area contributed by atoms with E-state index in [1.807, 2.05) is 66.7 Å². The lowest BCUT2D eigenvalue weighted by molar-refractivity contribution is -0.276. The number of benzene rings is 5. The van der Waals surface area contributed by atoms with Crippen LogP contribution in [0.4, 0.5) is 0 Å². The lowest BCUT2D eigenvalue weighted by Crippen LogP contribution is -2.45. The predicted molar refractivity (Wildman–Crippen MR) is 204 cm³/mol. The summed E-state index contributed by atoms with van der Waals surface area (Å²) in [6.07, 6.45) is -0.109. The van der Waals surface area contributed by atoms with Crippen LogP contribution in [0.2, 0.25) is 0 Å². The second kappa shape index (κ2) is 15.2. The van der Waals surface area contributed by atoms with E-state index in [9.17, 15) is 14.7 Å². The van der Waals surface area contributed by atoms with Crippen molar-refractivity contribution < 1.29 is 33.6 Å². The summed E-state index contributed by atoms with van der Waals surface area (Å²) in [7, 11) is 3.33. The quantitative estimate of drug-likeness (QED) is 0.148. The van der Waals surface area contributed by atoms with Crippen molar-refractivity contribution in [2.75, 3.05) is 27.3 Å². The SMILES string of the molecule is COc1cc2c(cc1OC)CN(C[C@@H]1O[C@H](c3cccc(-c4cccc(CN5C(=O)c6ccccc6C5=O)c4)c3)O[C@H](c3ccc(CO)cc3)[C@@H]1C)CC2. The number of carbonyl (C=O) groups excluding carboxylic acids is 2. The Hall–Kier alpha value is -5.32. The van der Waals surface area contributed by atoms with E-state index in [0.29, 0.717) is 11.1 Å². The number of imide groups is 1. The van der Waals surface area contributed by atoms with E-state index >= 15 is 0 Å². The van der Waals surface area contributed by atoms with Gasteiger partial charge in [-0.05, 0) is 81.8 Å². The summed E-state index contributed by atoms with van der Waals surface area (Å²) < 4.78 is 24.9. The van der Waals surface area contributed by atoms with Crippen molar-refractivity contribution in [3.63, 3.8) is 0 Å². The highest BCUT2D eigenvalue weighted by Crippen LogP contribution is 2.43. The van der Waals surface area contributed by atoms with E-state index in [-0.39, 0.29) is 43.1 Å². The number of nitrogens with zero attached hydrogens (tertiary/aromatic N) is 2. The van der Waals surface area contributed by atoms with E-state index in [0.717, 1.165) is 70.9 Å². The van der Waals surface area contributed by atoms with Crippen LogP contribution in [-0.4, -0.2) is 60.1 Å². The van der Waals surface area contributed by atoms with Crippen LogP contribution < -0.4 is 9.47 Å². The van der Waals surface area contributed by atoms with Crippen LogP contribution in [0.1, 0.15) is 73.4 Å². The van der Waals surface area contributed by atoms with Crippen molar-refractivity contribution in [1.82, 2.24) is 9.80 Å². The Labute approximate surface area is 315 Å². The first-order valence-corrected chi connectivity index (χ1v) is 18.4. The van der Waals surface area contributed by atoms with Gasteiger partial charge in [-0.25, -0.2) is 0 Å². The van der Waals surface area contributed by atoms with Crippen molar-refractivity contribution >= 4 is 11.8 Å². The molecular weight excluding hydrogens is 681 g/mol. The molecule has 0 aromatic heterocycles. The molecule has 0 saturated carbocycles. The molecule has 3 heterocycles.